The van der Waals surface area contributed by atoms with E-state index in [0.717, 1.165) is 16.5 Å². The van der Waals surface area contributed by atoms with Gasteiger partial charge in [-0.05, 0) is 37.3 Å². The van der Waals surface area contributed by atoms with Gasteiger partial charge in [0.1, 0.15) is 23.8 Å². The topological polar surface area (TPSA) is 57.2 Å². The molecule has 9 heteroatoms. The molecule has 0 atom stereocenters. The molecule has 3 heterocycles. The molecule has 0 N–H and O–H groups in total. The van der Waals surface area contributed by atoms with E-state index < -0.39 is 5.82 Å². The van der Waals surface area contributed by atoms with Crippen LogP contribution in [0.5, 0.6) is 5.75 Å². The van der Waals surface area contributed by atoms with Crippen LogP contribution in [0.4, 0.5) is 4.39 Å². The molecule has 3 aromatic heterocycles. The smallest absolute Gasteiger partial charge is 0.191 e. The van der Waals surface area contributed by atoms with Crippen molar-refractivity contribution in [2.75, 3.05) is 0 Å². The Labute approximate surface area is 170 Å². The standard InChI is InChI=1S/C19H17ClFN5OS/c1-2-26-18(11-27-16-7-6-13(21)9-15(16)20)23-24-19(26)28-12-14-10-25-8-4-3-5-17(25)22-14/h3-10H,2,11-12H2,1H3. The summed E-state index contributed by atoms with van der Waals surface area (Å²) in [4.78, 5) is 4.60. The first kappa shape index (κ1) is 18.8. The lowest BCUT2D eigenvalue weighted by Gasteiger charge is -2.09. The van der Waals surface area contributed by atoms with E-state index in [0.29, 0.717) is 23.9 Å². The summed E-state index contributed by atoms with van der Waals surface area (Å²) in [6.07, 6.45) is 3.98. The normalized spacial score (nSPS) is 11.2. The summed E-state index contributed by atoms with van der Waals surface area (Å²) in [5.41, 5.74) is 1.89. The lowest BCUT2D eigenvalue weighted by molar-refractivity contribution is 0.288. The minimum Gasteiger partial charge on any atom is -0.484 e. The Morgan fingerprint density at radius 1 is 1.21 bits per heavy atom. The van der Waals surface area contributed by atoms with E-state index in [-0.39, 0.29) is 11.6 Å². The zero-order valence-corrected chi connectivity index (χ0v) is 16.6. The highest BCUT2D eigenvalue weighted by Gasteiger charge is 2.14. The number of benzene rings is 1. The molecule has 0 bridgehead atoms. The number of nitrogens with zero attached hydrogens (tertiary/aromatic N) is 5. The van der Waals surface area contributed by atoms with E-state index in [1.165, 1.54) is 18.2 Å². The number of imidazole rings is 1. The van der Waals surface area contributed by atoms with Gasteiger partial charge in [0.05, 0.1) is 10.7 Å². The summed E-state index contributed by atoms with van der Waals surface area (Å²) in [6.45, 7) is 2.92. The third kappa shape index (κ3) is 3.98. The number of ether oxygens (including phenoxy) is 1. The molecule has 4 aromatic rings. The monoisotopic (exact) mass is 417 g/mol. The van der Waals surface area contributed by atoms with Gasteiger partial charge < -0.3 is 13.7 Å². The van der Waals surface area contributed by atoms with Gasteiger partial charge in [0.25, 0.3) is 0 Å². The van der Waals surface area contributed by atoms with Gasteiger partial charge in [-0.2, -0.15) is 0 Å². The zero-order chi connectivity index (χ0) is 19.5. The Kier molecular flexibility index (Phi) is 5.50. The van der Waals surface area contributed by atoms with Gasteiger partial charge >= 0.3 is 0 Å². The quantitative estimate of drug-likeness (QED) is 0.411. The van der Waals surface area contributed by atoms with Crippen molar-refractivity contribution in [2.24, 2.45) is 0 Å². The summed E-state index contributed by atoms with van der Waals surface area (Å²) < 4.78 is 22.8. The predicted octanol–water partition coefficient (Wildman–Crippen LogP) is 4.61. The average Bonchev–Trinajstić information content (AvgIpc) is 3.28. The molecular weight excluding hydrogens is 401 g/mol. The van der Waals surface area contributed by atoms with E-state index in [1.807, 2.05) is 46.5 Å². The molecule has 0 aliphatic rings. The Morgan fingerprint density at radius 2 is 2.11 bits per heavy atom. The van der Waals surface area contributed by atoms with Gasteiger partial charge in [-0.25, -0.2) is 9.37 Å². The van der Waals surface area contributed by atoms with Crippen molar-refractivity contribution in [3.8, 4) is 5.75 Å². The third-order valence-corrected chi connectivity index (χ3v) is 5.42. The highest BCUT2D eigenvalue weighted by molar-refractivity contribution is 7.98. The van der Waals surface area contributed by atoms with Crippen LogP contribution in [-0.2, 0) is 18.9 Å². The summed E-state index contributed by atoms with van der Waals surface area (Å²) in [6, 6.07) is 9.94. The molecule has 144 valence electrons. The van der Waals surface area contributed by atoms with Crippen molar-refractivity contribution in [3.63, 3.8) is 0 Å². The van der Waals surface area contributed by atoms with Crippen molar-refractivity contribution in [3.05, 3.63) is 71.2 Å². The molecule has 1 aromatic carbocycles. The molecule has 0 aliphatic carbocycles. The molecule has 0 unspecified atom stereocenters. The van der Waals surface area contributed by atoms with E-state index >= 15 is 0 Å². The van der Waals surface area contributed by atoms with E-state index in [2.05, 4.69) is 15.2 Å². The second-order valence-corrected chi connectivity index (χ2v) is 7.34. The maximum Gasteiger partial charge on any atom is 0.191 e. The summed E-state index contributed by atoms with van der Waals surface area (Å²) in [5, 5.41) is 9.52. The van der Waals surface area contributed by atoms with Crippen molar-refractivity contribution < 1.29 is 9.13 Å². The van der Waals surface area contributed by atoms with Gasteiger partial charge in [-0.1, -0.05) is 29.4 Å². The second kappa shape index (κ2) is 8.20. The van der Waals surface area contributed by atoms with E-state index in [4.69, 9.17) is 16.3 Å². The van der Waals surface area contributed by atoms with Gasteiger partial charge in [0.2, 0.25) is 0 Å². The molecule has 4 rings (SSSR count). The lowest BCUT2D eigenvalue weighted by atomic mass is 10.3. The highest BCUT2D eigenvalue weighted by Crippen LogP contribution is 2.26. The molecule has 0 aliphatic heterocycles. The van der Waals surface area contributed by atoms with Crippen molar-refractivity contribution in [2.45, 2.75) is 31.0 Å². The number of halogens is 2. The molecule has 0 spiro atoms. The molecule has 6 nitrogen and oxygen atoms in total. The van der Waals surface area contributed by atoms with Crippen molar-refractivity contribution >= 4 is 29.0 Å². The number of pyridine rings is 1. The minimum absolute atomic E-state index is 0.196. The minimum atomic E-state index is -0.403. The van der Waals surface area contributed by atoms with Gasteiger partial charge in [0, 0.05) is 24.7 Å². The molecule has 28 heavy (non-hydrogen) atoms. The number of hydrogen-bond donors (Lipinski definition) is 0. The van der Waals surface area contributed by atoms with E-state index in [1.54, 1.807) is 11.8 Å². The van der Waals surface area contributed by atoms with Gasteiger partial charge in [0.15, 0.2) is 11.0 Å². The van der Waals surface area contributed by atoms with Crippen molar-refractivity contribution in [1.82, 2.24) is 24.1 Å². The number of thioether (sulfide) groups is 1. The molecule has 0 fully saturated rings. The maximum atomic E-state index is 13.1. The molecule has 0 saturated heterocycles. The summed E-state index contributed by atoms with van der Waals surface area (Å²) in [5.74, 6) is 1.37. The fourth-order valence-corrected chi connectivity index (χ4v) is 3.91. The number of aromatic nitrogens is 5. The van der Waals surface area contributed by atoms with Crippen LogP contribution in [0, 0.1) is 5.82 Å². The zero-order valence-electron chi connectivity index (χ0n) is 15.0. The number of hydrogen-bond acceptors (Lipinski definition) is 5. The van der Waals surface area contributed by atoms with Crippen LogP contribution in [0.2, 0.25) is 5.02 Å². The summed E-state index contributed by atoms with van der Waals surface area (Å²) >= 11 is 7.57. The Balaban J connectivity index is 1.44. The second-order valence-electron chi connectivity index (χ2n) is 5.99. The van der Waals surface area contributed by atoms with Crippen LogP contribution >= 0.6 is 23.4 Å². The molecule has 0 radical (unpaired) electrons. The van der Waals surface area contributed by atoms with Gasteiger partial charge in [-0.3, -0.25) is 0 Å². The molecule has 0 amide bonds. The Hall–Kier alpha value is -2.58. The largest absolute Gasteiger partial charge is 0.484 e. The van der Waals surface area contributed by atoms with Crippen LogP contribution in [0.25, 0.3) is 5.65 Å². The predicted molar refractivity (Wildman–Crippen MR) is 106 cm³/mol. The molecular formula is C19H17ClFN5OS. The van der Waals surface area contributed by atoms with Crippen LogP contribution in [0.1, 0.15) is 18.4 Å². The SMILES string of the molecule is CCn1c(COc2ccc(F)cc2Cl)nnc1SCc1cn2ccccc2n1. The first-order valence-electron chi connectivity index (χ1n) is 8.69. The lowest BCUT2D eigenvalue weighted by Crippen LogP contribution is -2.07. The first-order valence-corrected chi connectivity index (χ1v) is 10.1. The van der Waals surface area contributed by atoms with Crippen LogP contribution in [0.15, 0.2) is 53.9 Å². The number of rotatable bonds is 7. The van der Waals surface area contributed by atoms with Crippen LogP contribution in [0.3, 0.4) is 0 Å². The van der Waals surface area contributed by atoms with Gasteiger partial charge in [-0.15, -0.1) is 10.2 Å². The fraction of sp³-hybridized carbons (Fsp3) is 0.211. The first-order chi connectivity index (χ1) is 13.6. The van der Waals surface area contributed by atoms with Crippen LogP contribution < -0.4 is 4.74 Å². The summed E-state index contributed by atoms with van der Waals surface area (Å²) in [7, 11) is 0. The fourth-order valence-electron chi connectivity index (χ4n) is 2.78. The Morgan fingerprint density at radius 3 is 2.89 bits per heavy atom. The number of fused-ring (bicyclic) bond motifs is 1. The average molecular weight is 418 g/mol. The van der Waals surface area contributed by atoms with Crippen molar-refractivity contribution in [1.29, 1.82) is 0 Å². The third-order valence-electron chi connectivity index (χ3n) is 4.12. The Bertz CT molecular complexity index is 1080. The highest BCUT2D eigenvalue weighted by atomic mass is 35.5. The van der Waals surface area contributed by atoms with Crippen LogP contribution in [-0.4, -0.2) is 24.1 Å². The van der Waals surface area contributed by atoms with E-state index in [9.17, 15) is 4.39 Å². The maximum absolute atomic E-state index is 13.1. The molecule has 0 saturated carbocycles.